The van der Waals surface area contributed by atoms with Crippen LogP contribution in [0.4, 0.5) is 5.69 Å². The molecule has 0 aliphatic carbocycles. The van der Waals surface area contributed by atoms with Gasteiger partial charge in [0.15, 0.2) is 0 Å². The number of ether oxygens (including phenoxy) is 1. The monoisotopic (exact) mass is 275 g/mol. The van der Waals surface area contributed by atoms with Crippen molar-refractivity contribution in [3.05, 3.63) is 30.1 Å². The Labute approximate surface area is 119 Å². The lowest BCUT2D eigenvalue weighted by Crippen LogP contribution is -2.43. The Hall–Kier alpha value is -1.88. The van der Waals surface area contributed by atoms with Crippen molar-refractivity contribution < 1.29 is 9.53 Å². The summed E-state index contributed by atoms with van der Waals surface area (Å²) < 4.78 is 5.58. The lowest BCUT2D eigenvalue weighted by molar-refractivity contribution is -0.110. The Morgan fingerprint density at radius 2 is 2.45 bits per heavy atom. The van der Waals surface area contributed by atoms with E-state index in [1.807, 2.05) is 12.1 Å². The molecule has 1 aromatic heterocycles. The third-order valence-electron chi connectivity index (χ3n) is 3.45. The van der Waals surface area contributed by atoms with E-state index in [1.54, 1.807) is 0 Å². The fraction of sp³-hybridized carbons (Fsp3) is 0.467. The largest absolute Gasteiger partial charge is 0.397 e. The molecule has 1 aromatic rings. The first kappa shape index (κ1) is 14.5. The Bertz CT molecular complexity index is 502. The molecule has 0 radical (unpaired) electrons. The second-order valence-corrected chi connectivity index (χ2v) is 4.88. The van der Waals surface area contributed by atoms with Crippen LogP contribution in [0.1, 0.15) is 24.7 Å². The van der Waals surface area contributed by atoms with Crippen molar-refractivity contribution in [2.24, 2.45) is 5.73 Å². The third kappa shape index (κ3) is 3.17. The van der Waals surface area contributed by atoms with Crippen LogP contribution in [0.2, 0.25) is 0 Å². The van der Waals surface area contributed by atoms with Crippen LogP contribution in [0.5, 0.6) is 0 Å². The quantitative estimate of drug-likeness (QED) is 0.822. The predicted molar refractivity (Wildman–Crippen MR) is 79.5 cm³/mol. The number of carbonyl (C=O) groups excluding carboxylic acids is 1. The molecule has 1 atom stereocenters. The number of nitrogens with zero attached hydrogens (tertiary/aromatic N) is 2. The molecular formula is C15H21N3O2. The highest BCUT2D eigenvalue weighted by atomic mass is 16.5. The molecule has 0 bridgehead atoms. The maximum Gasteiger partial charge on any atom is 0.122 e. The van der Waals surface area contributed by atoms with Crippen LogP contribution >= 0.6 is 0 Å². The molecule has 1 aliphatic rings. The van der Waals surface area contributed by atoms with E-state index in [9.17, 15) is 4.79 Å². The molecule has 2 heterocycles. The van der Waals surface area contributed by atoms with Crippen molar-refractivity contribution in [3.8, 4) is 0 Å². The Morgan fingerprint density at radius 3 is 3.10 bits per heavy atom. The number of nitrogens with two attached hydrogens (primary N) is 1. The van der Waals surface area contributed by atoms with Crippen molar-refractivity contribution >= 4 is 17.7 Å². The Kier molecular flexibility index (Phi) is 4.74. The van der Waals surface area contributed by atoms with Gasteiger partial charge in [0.25, 0.3) is 0 Å². The summed E-state index contributed by atoms with van der Waals surface area (Å²) in [5.41, 5.74) is 9.00. The SMILES string of the molecule is C=C(N)c1ccc(N2CCOC(CC=O)C2)c(CC)n1. The Morgan fingerprint density at radius 1 is 1.65 bits per heavy atom. The fourth-order valence-electron chi connectivity index (χ4n) is 2.41. The van der Waals surface area contributed by atoms with Gasteiger partial charge >= 0.3 is 0 Å². The molecule has 0 spiro atoms. The minimum atomic E-state index is -0.0323. The van der Waals surface area contributed by atoms with Gasteiger partial charge in [-0.15, -0.1) is 0 Å². The number of rotatable bonds is 5. The highest BCUT2D eigenvalue weighted by Gasteiger charge is 2.22. The molecule has 20 heavy (non-hydrogen) atoms. The highest BCUT2D eigenvalue weighted by Crippen LogP contribution is 2.24. The first-order chi connectivity index (χ1) is 9.65. The summed E-state index contributed by atoms with van der Waals surface area (Å²) in [6.45, 7) is 7.95. The van der Waals surface area contributed by atoms with E-state index in [-0.39, 0.29) is 6.10 Å². The predicted octanol–water partition coefficient (Wildman–Crippen LogP) is 1.37. The van der Waals surface area contributed by atoms with Crippen molar-refractivity contribution in [2.75, 3.05) is 24.6 Å². The van der Waals surface area contributed by atoms with E-state index in [0.29, 0.717) is 18.7 Å². The number of anilines is 1. The van der Waals surface area contributed by atoms with Gasteiger partial charge in [-0.25, -0.2) is 4.98 Å². The number of hydrogen-bond donors (Lipinski definition) is 1. The number of hydrogen-bond acceptors (Lipinski definition) is 5. The molecule has 0 saturated carbocycles. The zero-order chi connectivity index (χ0) is 14.5. The van der Waals surface area contributed by atoms with Gasteiger partial charge in [-0.2, -0.15) is 0 Å². The summed E-state index contributed by atoms with van der Waals surface area (Å²) in [7, 11) is 0. The number of morpholine rings is 1. The van der Waals surface area contributed by atoms with E-state index in [4.69, 9.17) is 10.5 Å². The van der Waals surface area contributed by atoms with Gasteiger partial charge in [0.1, 0.15) is 6.29 Å². The number of pyridine rings is 1. The molecule has 1 fully saturated rings. The molecule has 108 valence electrons. The van der Waals surface area contributed by atoms with E-state index < -0.39 is 0 Å². The fourth-order valence-corrected chi connectivity index (χ4v) is 2.41. The van der Waals surface area contributed by atoms with Crippen LogP contribution in [0.3, 0.4) is 0 Å². The van der Waals surface area contributed by atoms with Gasteiger partial charge in [0.2, 0.25) is 0 Å². The van der Waals surface area contributed by atoms with Crippen molar-refractivity contribution in [2.45, 2.75) is 25.9 Å². The van der Waals surface area contributed by atoms with Crippen molar-refractivity contribution in [1.82, 2.24) is 4.98 Å². The summed E-state index contributed by atoms with van der Waals surface area (Å²) in [4.78, 5) is 17.4. The Balaban J connectivity index is 2.22. The number of aromatic nitrogens is 1. The summed E-state index contributed by atoms with van der Waals surface area (Å²) in [5.74, 6) is 0. The van der Waals surface area contributed by atoms with Crippen LogP contribution in [-0.4, -0.2) is 37.1 Å². The van der Waals surface area contributed by atoms with Gasteiger partial charge < -0.3 is 20.2 Å². The number of carbonyl (C=O) groups is 1. The van der Waals surface area contributed by atoms with E-state index in [1.165, 1.54) is 0 Å². The van der Waals surface area contributed by atoms with Gasteiger partial charge in [-0.05, 0) is 18.6 Å². The van der Waals surface area contributed by atoms with E-state index in [0.717, 1.165) is 42.9 Å². The maximum absolute atomic E-state index is 10.6. The van der Waals surface area contributed by atoms with Gasteiger partial charge in [0, 0.05) is 19.5 Å². The highest BCUT2D eigenvalue weighted by molar-refractivity contribution is 5.61. The zero-order valence-corrected chi connectivity index (χ0v) is 11.8. The normalized spacial score (nSPS) is 18.9. The summed E-state index contributed by atoms with van der Waals surface area (Å²) >= 11 is 0. The number of aryl methyl sites for hydroxylation is 1. The molecule has 1 unspecified atom stereocenters. The molecule has 2 rings (SSSR count). The van der Waals surface area contributed by atoms with Crippen LogP contribution < -0.4 is 10.6 Å². The third-order valence-corrected chi connectivity index (χ3v) is 3.45. The smallest absolute Gasteiger partial charge is 0.122 e. The minimum absolute atomic E-state index is 0.0323. The second kappa shape index (κ2) is 6.52. The molecule has 0 aromatic carbocycles. The standard InChI is InChI=1S/C15H21N3O2/c1-3-13-15(5-4-14(17-13)11(2)16)18-7-9-20-12(10-18)6-8-19/h4-5,8,12H,2-3,6-7,9-10,16H2,1H3. The molecule has 1 aliphatic heterocycles. The first-order valence-electron chi connectivity index (χ1n) is 6.90. The molecule has 2 N–H and O–H groups in total. The molecular weight excluding hydrogens is 254 g/mol. The van der Waals surface area contributed by atoms with Crippen LogP contribution in [0.25, 0.3) is 5.70 Å². The lowest BCUT2D eigenvalue weighted by atomic mass is 10.1. The average molecular weight is 275 g/mol. The zero-order valence-electron chi connectivity index (χ0n) is 11.8. The van der Waals surface area contributed by atoms with Crippen LogP contribution in [0.15, 0.2) is 18.7 Å². The second-order valence-electron chi connectivity index (χ2n) is 4.88. The van der Waals surface area contributed by atoms with Gasteiger partial charge in [-0.3, -0.25) is 0 Å². The molecule has 0 amide bonds. The summed E-state index contributed by atoms with van der Waals surface area (Å²) in [6.07, 6.45) is 2.14. The van der Waals surface area contributed by atoms with Crippen LogP contribution in [-0.2, 0) is 16.0 Å². The van der Waals surface area contributed by atoms with Crippen molar-refractivity contribution in [1.29, 1.82) is 0 Å². The van der Waals surface area contributed by atoms with Crippen LogP contribution in [0, 0.1) is 0 Å². The summed E-state index contributed by atoms with van der Waals surface area (Å²) in [5, 5.41) is 0. The maximum atomic E-state index is 10.6. The molecule has 5 heteroatoms. The van der Waals surface area contributed by atoms with E-state index >= 15 is 0 Å². The first-order valence-corrected chi connectivity index (χ1v) is 6.90. The average Bonchev–Trinajstić information content (AvgIpc) is 2.47. The van der Waals surface area contributed by atoms with E-state index in [2.05, 4.69) is 23.4 Å². The molecule has 1 saturated heterocycles. The van der Waals surface area contributed by atoms with Gasteiger partial charge in [0.05, 0.1) is 35.5 Å². The number of aldehydes is 1. The summed E-state index contributed by atoms with van der Waals surface area (Å²) in [6, 6.07) is 3.92. The topological polar surface area (TPSA) is 68.4 Å². The molecule has 5 nitrogen and oxygen atoms in total. The van der Waals surface area contributed by atoms with Crippen molar-refractivity contribution in [3.63, 3.8) is 0 Å². The minimum Gasteiger partial charge on any atom is -0.397 e. The lowest BCUT2D eigenvalue weighted by Gasteiger charge is -2.34. The van der Waals surface area contributed by atoms with Gasteiger partial charge in [-0.1, -0.05) is 13.5 Å².